The zero-order valence-corrected chi connectivity index (χ0v) is 12.4. The van der Waals surface area contributed by atoms with Gasteiger partial charge in [-0.1, -0.05) is 6.07 Å². The van der Waals surface area contributed by atoms with E-state index in [4.69, 9.17) is 4.74 Å². The van der Waals surface area contributed by atoms with Gasteiger partial charge in [0.05, 0.1) is 7.11 Å². The van der Waals surface area contributed by atoms with E-state index in [9.17, 15) is 8.78 Å². The van der Waals surface area contributed by atoms with E-state index < -0.39 is 6.61 Å². The first-order valence-corrected chi connectivity index (χ1v) is 7.13. The third-order valence-electron chi connectivity index (χ3n) is 3.58. The van der Waals surface area contributed by atoms with Crippen LogP contribution in [0.2, 0.25) is 0 Å². The molecule has 0 bridgehead atoms. The third-order valence-corrected chi connectivity index (χ3v) is 3.58. The monoisotopic (exact) mass is 300 g/mol. The summed E-state index contributed by atoms with van der Waals surface area (Å²) in [4.78, 5) is 2.34. The molecule has 1 aliphatic rings. The Bertz CT molecular complexity index is 453. The first-order chi connectivity index (χ1) is 10.1. The van der Waals surface area contributed by atoms with E-state index in [0.29, 0.717) is 12.3 Å². The molecule has 0 saturated heterocycles. The number of benzene rings is 1. The largest absolute Gasteiger partial charge is 0.493 e. The molecule has 0 amide bonds. The van der Waals surface area contributed by atoms with Gasteiger partial charge in [-0.15, -0.1) is 0 Å². The highest BCUT2D eigenvalue weighted by molar-refractivity contribution is 5.42. The Morgan fingerprint density at radius 2 is 2.10 bits per heavy atom. The minimum absolute atomic E-state index is 0.0712. The van der Waals surface area contributed by atoms with Crippen LogP contribution in [-0.4, -0.2) is 44.8 Å². The van der Waals surface area contributed by atoms with Gasteiger partial charge in [0, 0.05) is 25.7 Å². The van der Waals surface area contributed by atoms with Gasteiger partial charge < -0.3 is 19.7 Å². The molecule has 0 spiro atoms. The van der Waals surface area contributed by atoms with Crippen LogP contribution in [0.3, 0.4) is 0 Å². The molecule has 0 atom stereocenters. The van der Waals surface area contributed by atoms with Crippen molar-refractivity contribution in [2.45, 2.75) is 32.0 Å². The molecule has 118 valence electrons. The Hall–Kier alpha value is -1.40. The van der Waals surface area contributed by atoms with Crippen LogP contribution in [0.1, 0.15) is 18.4 Å². The van der Waals surface area contributed by atoms with E-state index in [1.807, 2.05) is 6.07 Å². The van der Waals surface area contributed by atoms with E-state index in [2.05, 4.69) is 22.0 Å². The summed E-state index contributed by atoms with van der Waals surface area (Å²) >= 11 is 0. The van der Waals surface area contributed by atoms with Gasteiger partial charge in [0.1, 0.15) is 0 Å². The summed E-state index contributed by atoms with van der Waals surface area (Å²) < 4.78 is 34.2. The molecule has 0 unspecified atom stereocenters. The number of likely N-dealkylation sites (N-methyl/N-ethyl adjacent to an activating group) is 1. The highest BCUT2D eigenvalue weighted by Crippen LogP contribution is 2.29. The lowest BCUT2D eigenvalue weighted by Crippen LogP contribution is -2.30. The first kappa shape index (κ1) is 16.0. The zero-order valence-electron chi connectivity index (χ0n) is 12.4. The van der Waals surface area contributed by atoms with Crippen LogP contribution in [0.4, 0.5) is 8.78 Å². The molecule has 4 nitrogen and oxygen atoms in total. The third kappa shape index (κ3) is 5.13. The maximum atomic E-state index is 12.3. The highest BCUT2D eigenvalue weighted by atomic mass is 19.3. The number of nitrogens with zero attached hydrogens (tertiary/aromatic N) is 1. The van der Waals surface area contributed by atoms with Crippen LogP contribution in [0, 0.1) is 0 Å². The maximum Gasteiger partial charge on any atom is 0.387 e. The second kappa shape index (κ2) is 7.56. The van der Waals surface area contributed by atoms with Crippen LogP contribution in [0.5, 0.6) is 11.5 Å². The predicted molar refractivity (Wildman–Crippen MR) is 77.0 cm³/mol. The minimum Gasteiger partial charge on any atom is -0.493 e. The lowest BCUT2D eigenvalue weighted by atomic mass is 10.2. The van der Waals surface area contributed by atoms with Crippen LogP contribution in [-0.2, 0) is 6.54 Å². The Labute approximate surface area is 124 Å². The number of alkyl halides is 2. The summed E-state index contributed by atoms with van der Waals surface area (Å²) in [5, 5.41) is 3.31. The lowest BCUT2D eigenvalue weighted by Gasteiger charge is -2.16. The molecule has 21 heavy (non-hydrogen) atoms. The molecule has 1 N–H and O–H groups in total. The molecule has 1 saturated carbocycles. The number of ether oxygens (including phenoxy) is 2. The second-order valence-electron chi connectivity index (χ2n) is 5.25. The van der Waals surface area contributed by atoms with E-state index in [1.54, 1.807) is 12.1 Å². The average molecular weight is 300 g/mol. The molecule has 2 rings (SSSR count). The van der Waals surface area contributed by atoms with E-state index in [-0.39, 0.29) is 5.75 Å². The zero-order chi connectivity index (χ0) is 15.2. The number of hydrogen-bond acceptors (Lipinski definition) is 4. The summed E-state index contributed by atoms with van der Waals surface area (Å²) in [6.45, 7) is -0.387. The Kier molecular flexibility index (Phi) is 5.76. The van der Waals surface area contributed by atoms with Crippen molar-refractivity contribution in [2.75, 3.05) is 27.2 Å². The standard InChI is InChI=1S/C15H22F2N2O2/c1-19(12-4-5-12)8-7-18-10-11-3-6-13(20-2)14(9-11)21-15(16)17/h3,6,9,12,15,18H,4-5,7-8,10H2,1-2H3. The average Bonchev–Trinajstić information content (AvgIpc) is 3.27. The molecule has 1 aromatic rings. The van der Waals surface area contributed by atoms with Crippen LogP contribution in [0.25, 0.3) is 0 Å². The van der Waals surface area contributed by atoms with Crippen molar-refractivity contribution in [3.05, 3.63) is 23.8 Å². The normalized spacial score (nSPS) is 14.8. The van der Waals surface area contributed by atoms with Crippen molar-refractivity contribution < 1.29 is 18.3 Å². The fourth-order valence-electron chi connectivity index (χ4n) is 2.21. The molecule has 1 fully saturated rings. The number of nitrogens with one attached hydrogen (secondary N) is 1. The van der Waals surface area contributed by atoms with Crippen LogP contribution >= 0.6 is 0 Å². The Morgan fingerprint density at radius 1 is 1.33 bits per heavy atom. The van der Waals surface area contributed by atoms with Crippen molar-refractivity contribution in [1.29, 1.82) is 0 Å². The molecule has 0 radical (unpaired) electrons. The number of methoxy groups -OCH3 is 1. The number of hydrogen-bond donors (Lipinski definition) is 1. The fourth-order valence-corrected chi connectivity index (χ4v) is 2.21. The maximum absolute atomic E-state index is 12.3. The first-order valence-electron chi connectivity index (χ1n) is 7.13. The summed E-state index contributed by atoms with van der Waals surface area (Å²) in [7, 11) is 3.56. The molecule has 6 heteroatoms. The predicted octanol–water partition coefficient (Wildman–Crippen LogP) is 2.48. The van der Waals surface area contributed by atoms with Crippen molar-refractivity contribution in [3.8, 4) is 11.5 Å². The van der Waals surface area contributed by atoms with Gasteiger partial charge in [-0.2, -0.15) is 8.78 Å². The molecule has 1 aromatic carbocycles. The summed E-state index contributed by atoms with van der Waals surface area (Å²) in [6, 6.07) is 5.82. The van der Waals surface area contributed by atoms with E-state index >= 15 is 0 Å². The van der Waals surface area contributed by atoms with Crippen molar-refractivity contribution in [2.24, 2.45) is 0 Å². The SMILES string of the molecule is COc1ccc(CNCCN(C)C2CC2)cc1OC(F)F. The van der Waals surface area contributed by atoms with Crippen molar-refractivity contribution in [3.63, 3.8) is 0 Å². The highest BCUT2D eigenvalue weighted by Gasteiger charge is 2.25. The van der Waals surface area contributed by atoms with Gasteiger partial charge in [-0.05, 0) is 37.6 Å². The van der Waals surface area contributed by atoms with Crippen molar-refractivity contribution in [1.82, 2.24) is 10.2 Å². The lowest BCUT2D eigenvalue weighted by molar-refractivity contribution is -0.0512. The molecule has 1 aliphatic carbocycles. The quantitative estimate of drug-likeness (QED) is 0.710. The second-order valence-corrected chi connectivity index (χ2v) is 5.25. The molecular formula is C15H22F2N2O2. The molecule has 0 aromatic heterocycles. The molecule has 0 aliphatic heterocycles. The van der Waals surface area contributed by atoms with Crippen LogP contribution in [0.15, 0.2) is 18.2 Å². The summed E-state index contributed by atoms with van der Waals surface area (Å²) in [6.07, 6.45) is 2.59. The molecular weight excluding hydrogens is 278 g/mol. The Balaban J connectivity index is 1.81. The van der Waals surface area contributed by atoms with Crippen LogP contribution < -0.4 is 14.8 Å². The van der Waals surface area contributed by atoms with Gasteiger partial charge in [-0.25, -0.2) is 0 Å². The van der Waals surface area contributed by atoms with E-state index in [1.165, 1.54) is 20.0 Å². The van der Waals surface area contributed by atoms with Crippen molar-refractivity contribution >= 4 is 0 Å². The number of rotatable bonds is 9. The van der Waals surface area contributed by atoms with E-state index in [0.717, 1.165) is 24.7 Å². The Morgan fingerprint density at radius 3 is 2.71 bits per heavy atom. The van der Waals surface area contributed by atoms with Gasteiger partial charge >= 0.3 is 6.61 Å². The molecule has 0 heterocycles. The summed E-state index contributed by atoms with van der Waals surface area (Å²) in [5.74, 6) is 0.384. The fraction of sp³-hybridized carbons (Fsp3) is 0.600. The topological polar surface area (TPSA) is 33.7 Å². The smallest absolute Gasteiger partial charge is 0.387 e. The van der Waals surface area contributed by atoms with Gasteiger partial charge in [0.15, 0.2) is 11.5 Å². The van der Waals surface area contributed by atoms with Gasteiger partial charge in [0.2, 0.25) is 0 Å². The van der Waals surface area contributed by atoms with Gasteiger partial charge in [0.25, 0.3) is 0 Å². The summed E-state index contributed by atoms with van der Waals surface area (Å²) in [5.41, 5.74) is 0.889. The minimum atomic E-state index is -2.85. The van der Waals surface area contributed by atoms with Gasteiger partial charge in [-0.3, -0.25) is 0 Å². The number of halogens is 2.